The lowest BCUT2D eigenvalue weighted by molar-refractivity contribution is 0.0128. The van der Waals surface area contributed by atoms with Crippen LogP contribution < -0.4 is 0 Å². The minimum atomic E-state index is 0.340. The highest BCUT2D eigenvalue weighted by Gasteiger charge is 2.33. The molecule has 11 heavy (non-hydrogen) atoms. The average molecular weight is 156 g/mol. The number of likely N-dealkylation sites (N-methyl/N-ethyl adjacent to an activating group) is 2. The lowest BCUT2D eigenvalue weighted by Gasteiger charge is -2.48. The van der Waals surface area contributed by atoms with Gasteiger partial charge in [0.05, 0.1) is 0 Å². The molecule has 0 N–H and O–H groups in total. The van der Waals surface area contributed by atoms with Crippen LogP contribution in [0.3, 0.4) is 0 Å². The summed E-state index contributed by atoms with van der Waals surface area (Å²) in [7, 11) is 4.42. The van der Waals surface area contributed by atoms with Crippen molar-refractivity contribution in [2.24, 2.45) is 0 Å². The van der Waals surface area contributed by atoms with Crippen molar-refractivity contribution in [3.8, 4) is 0 Å². The van der Waals surface area contributed by atoms with E-state index in [0.29, 0.717) is 11.6 Å². The van der Waals surface area contributed by atoms with Crippen LogP contribution >= 0.6 is 0 Å². The first-order valence-corrected chi connectivity index (χ1v) is 4.35. The van der Waals surface area contributed by atoms with Gasteiger partial charge in [0, 0.05) is 24.7 Å². The molecule has 0 aliphatic carbocycles. The number of piperazine rings is 1. The Kier molecular flexibility index (Phi) is 2.26. The first-order chi connectivity index (χ1) is 4.93. The number of nitrogens with zero attached hydrogens (tertiary/aromatic N) is 2. The Labute approximate surface area is 70.2 Å². The quantitative estimate of drug-likeness (QED) is 0.517. The fraction of sp³-hybridized carbons (Fsp3) is 1.00. The molecule has 0 amide bonds. The zero-order chi connectivity index (χ0) is 8.65. The normalized spacial score (nSPS) is 34.1. The zero-order valence-corrected chi connectivity index (χ0v) is 8.39. The predicted octanol–water partition coefficient (Wildman–Crippen LogP) is 1.03. The molecule has 1 saturated heterocycles. The Morgan fingerprint density at radius 3 is 2.27 bits per heavy atom. The predicted molar refractivity (Wildman–Crippen MR) is 48.8 cm³/mol. The second-order valence-electron chi connectivity index (χ2n) is 4.47. The maximum absolute atomic E-state index is 2.47. The van der Waals surface area contributed by atoms with Gasteiger partial charge in [0.1, 0.15) is 0 Å². The molecule has 1 aliphatic heterocycles. The van der Waals surface area contributed by atoms with Crippen LogP contribution in [0.25, 0.3) is 0 Å². The van der Waals surface area contributed by atoms with Crippen molar-refractivity contribution in [1.29, 1.82) is 0 Å². The van der Waals surface area contributed by atoms with E-state index in [1.165, 1.54) is 13.1 Å². The van der Waals surface area contributed by atoms with E-state index in [4.69, 9.17) is 0 Å². The van der Waals surface area contributed by atoms with Crippen molar-refractivity contribution in [3.63, 3.8) is 0 Å². The Morgan fingerprint density at radius 2 is 1.82 bits per heavy atom. The molecule has 1 rings (SSSR count). The van der Waals surface area contributed by atoms with Crippen molar-refractivity contribution >= 4 is 0 Å². The van der Waals surface area contributed by atoms with Crippen LogP contribution in [-0.2, 0) is 0 Å². The smallest absolute Gasteiger partial charge is 0.0280 e. The van der Waals surface area contributed by atoms with Gasteiger partial charge in [0.2, 0.25) is 0 Å². The van der Waals surface area contributed by atoms with Gasteiger partial charge in [-0.05, 0) is 34.9 Å². The fourth-order valence-corrected chi connectivity index (χ4v) is 2.01. The first-order valence-electron chi connectivity index (χ1n) is 4.35. The number of rotatable bonds is 0. The van der Waals surface area contributed by atoms with E-state index in [2.05, 4.69) is 44.7 Å². The van der Waals surface area contributed by atoms with Crippen LogP contribution in [0.5, 0.6) is 0 Å². The van der Waals surface area contributed by atoms with Crippen LogP contribution in [0.2, 0.25) is 0 Å². The Bertz CT molecular complexity index is 142. The molecule has 0 aromatic rings. The zero-order valence-electron chi connectivity index (χ0n) is 8.39. The molecular formula is C9H20N2. The maximum atomic E-state index is 2.47. The van der Waals surface area contributed by atoms with Gasteiger partial charge in [0.25, 0.3) is 0 Å². The van der Waals surface area contributed by atoms with E-state index in [1.807, 2.05) is 0 Å². The standard InChI is InChI=1S/C9H20N2/c1-8-6-10(4)7-9(2,3)11(8)5/h8H,6-7H2,1-5H3/t8-/m1/s1. The summed E-state index contributed by atoms with van der Waals surface area (Å²) in [5.74, 6) is 0. The summed E-state index contributed by atoms with van der Waals surface area (Å²) in [4.78, 5) is 4.87. The topological polar surface area (TPSA) is 6.48 Å². The fourth-order valence-electron chi connectivity index (χ4n) is 2.01. The van der Waals surface area contributed by atoms with Crippen LogP contribution in [0.4, 0.5) is 0 Å². The summed E-state index contributed by atoms with van der Waals surface area (Å²) in [5.41, 5.74) is 0.340. The molecule has 66 valence electrons. The molecule has 0 spiro atoms. The second kappa shape index (κ2) is 2.76. The van der Waals surface area contributed by atoms with Gasteiger partial charge in [0.15, 0.2) is 0 Å². The molecule has 0 radical (unpaired) electrons. The molecule has 0 aromatic heterocycles. The number of hydrogen-bond acceptors (Lipinski definition) is 2. The summed E-state index contributed by atoms with van der Waals surface area (Å²) in [6, 6.07) is 0.684. The van der Waals surface area contributed by atoms with Crippen molar-refractivity contribution in [2.75, 3.05) is 27.2 Å². The van der Waals surface area contributed by atoms with Gasteiger partial charge in [-0.1, -0.05) is 0 Å². The lowest BCUT2D eigenvalue weighted by Crippen LogP contribution is -2.60. The summed E-state index contributed by atoms with van der Waals surface area (Å²) >= 11 is 0. The van der Waals surface area contributed by atoms with E-state index >= 15 is 0 Å². The van der Waals surface area contributed by atoms with E-state index in [1.54, 1.807) is 0 Å². The van der Waals surface area contributed by atoms with E-state index in [0.717, 1.165) is 0 Å². The molecule has 1 heterocycles. The number of hydrogen-bond donors (Lipinski definition) is 0. The highest BCUT2D eigenvalue weighted by Crippen LogP contribution is 2.21. The monoisotopic (exact) mass is 156 g/mol. The molecule has 0 unspecified atom stereocenters. The minimum absolute atomic E-state index is 0.340. The minimum Gasteiger partial charge on any atom is -0.303 e. The SMILES string of the molecule is C[C@@H]1CN(C)CC(C)(C)N1C. The lowest BCUT2D eigenvalue weighted by atomic mass is 9.97. The van der Waals surface area contributed by atoms with Crippen LogP contribution in [0, 0.1) is 0 Å². The van der Waals surface area contributed by atoms with Gasteiger partial charge < -0.3 is 4.90 Å². The van der Waals surface area contributed by atoms with Crippen molar-refractivity contribution in [2.45, 2.75) is 32.4 Å². The Balaban J connectivity index is 2.67. The van der Waals surface area contributed by atoms with Crippen LogP contribution in [-0.4, -0.2) is 48.6 Å². The highest BCUT2D eigenvalue weighted by atomic mass is 15.3. The first kappa shape index (κ1) is 9.01. The van der Waals surface area contributed by atoms with Crippen LogP contribution in [0.15, 0.2) is 0 Å². The summed E-state index contributed by atoms with van der Waals surface area (Å²) in [6.45, 7) is 9.27. The highest BCUT2D eigenvalue weighted by molar-refractivity contribution is 4.90. The van der Waals surface area contributed by atoms with E-state index in [9.17, 15) is 0 Å². The molecule has 2 heteroatoms. The molecule has 1 fully saturated rings. The van der Waals surface area contributed by atoms with Crippen molar-refractivity contribution < 1.29 is 0 Å². The van der Waals surface area contributed by atoms with E-state index < -0.39 is 0 Å². The molecule has 2 nitrogen and oxygen atoms in total. The summed E-state index contributed by atoms with van der Waals surface area (Å²) < 4.78 is 0. The second-order valence-corrected chi connectivity index (χ2v) is 4.47. The molecule has 1 atom stereocenters. The molecule has 0 saturated carbocycles. The molecule has 0 aromatic carbocycles. The van der Waals surface area contributed by atoms with Gasteiger partial charge in [-0.2, -0.15) is 0 Å². The van der Waals surface area contributed by atoms with Crippen LogP contribution in [0.1, 0.15) is 20.8 Å². The van der Waals surface area contributed by atoms with Gasteiger partial charge in [-0.3, -0.25) is 4.90 Å². The third-order valence-corrected chi connectivity index (χ3v) is 2.85. The Hall–Kier alpha value is -0.0800. The Morgan fingerprint density at radius 1 is 1.27 bits per heavy atom. The van der Waals surface area contributed by atoms with E-state index in [-0.39, 0.29) is 0 Å². The van der Waals surface area contributed by atoms with Gasteiger partial charge in [-0.15, -0.1) is 0 Å². The van der Waals surface area contributed by atoms with Gasteiger partial charge >= 0.3 is 0 Å². The molecule has 0 bridgehead atoms. The average Bonchev–Trinajstić information content (AvgIpc) is 1.81. The third-order valence-electron chi connectivity index (χ3n) is 2.85. The third kappa shape index (κ3) is 1.74. The molecule has 1 aliphatic rings. The largest absolute Gasteiger partial charge is 0.303 e. The van der Waals surface area contributed by atoms with Gasteiger partial charge in [-0.25, -0.2) is 0 Å². The summed E-state index contributed by atoms with van der Waals surface area (Å²) in [6.07, 6.45) is 0. The summed E-state index contributed by atoms with van der Waals surface area (Å²) in [5, 5.41) is 0. The maximum Gasteiger partial charge on any atom is 0.0280 e. The van der Waals surface area contributed by atoms with Crippen molar-refractivity contribution in [1.82, 2.24) is 9.80 Å². The molecular weight excluding hydrogens is 136 g/mol. The van der Waals surface area contributed by atoms with Crippen molar-refractivity contribution in [3.05, 3.63) is 0 Å².